The molecule has 0 bridgehead atoms. The van der Waals surface area contributed by atoms with Crippen molar-refractivity contribution in [3.8, 4) is 6.07 Å². The summed E-state index contributed by atoms with van der Waals surface area (Å²) in [6.07, 6.45) is -0.155. The van der Waals surface area contributed by atoms with Gasteiger partial charge in [0, 0.05) is 14.5 Å². The second-order valence-corrected chi connectivity index (χ2v) is 6.21. The molecule has 0 spiro atoms. The maximum absolute atomic E-state index is 12.9. The SMILES string of the molecule is N#CCc1ccc(Br)cc1F.O=C(O)Cc1ccc(Br)cc1F. The number of carbonyl (C=O) groups is 1. The maximum atomic E-state index is 12.9. The van der Waals surface area contributed by atoms with E-state index in [0.29, 0.717) is 14.5 Å². The molecule has 2 aromatic rings. The Hall–Kier alpha value is -1.78. The van der Waals surface area contributed by atoms with Crippen LogP contribution in [0.2, 0.25) is 0 Å². The van der Waals surface area contributed by atoms with E-state index in [9.17, 15) is 13.6 Å². The van der Waals surface area contributed by atoms with Crippen molar-refractivity contribution in [2.24, 2.45) is 0 Å². The largest absolute Gasteiger partial charge is 0.481 e. The van der Waals surface area contributed by atoms with Gasteiger partial charge in [-0.3, -0.25) is 4.79 Å². The van der Waals surface area contributed by atoms with Gasteiger partial charge in [-0.15, -0.1) is 0 Å². The zero-order chi connectivity index (χ0) is 17.4. The molecule has 0 saturated heterocycles. The summed E-state index contributed by atoms with van der Waals surface area (Å²) < 4.78 is 27.1. The fourth-order valence-corrected chi connectivity index (χ4v) is 2.24. The van der Waals surface area contributed by atoms with Gasteiger partial charge in [0.05, 0.1) is 18.9 Å². The Balaban J connectivity index is 0.000000231. The smallest absolute Gasteiger partial charge is 0.307 e. The van der Waals surface area contributed by atoms with Crippen molar-refractivity contribution in [3.05, 3.63) is 68.1 Å². The zero-order valence-electron chi connectivity index (χ0n) is 11.7. The zero-order valence-corrected chi connectivity index (χ0v) is 14.9. The molecule has 0 fully saturated rings. The number of hydrogen-bond acceptors (Lipinski definition) is 2. The Morgan fingerprint density at radius 3 is 1.91 bits per heavy atom. The minimum absolute atomic E-state index is 0.124. The topological polar surface area (TPSA) is 61.1 Å². The molecule has 0 aliphatic heterocycles. The number of nitrogens with zero attached hydrogens (tertiary/aromatic N) is 1. The molecule has 0 amide bonds. The first-order valence-electron chi connectivity index (χ1n) is 6.30. The normalized spacial score (nSPS) is 9.52. The molecule has 0 radical (unpaired) electrons. The first-order valence-corrected chi connectivity index (χ1v) is 7.88. The molecule has 0 unspecified atom stereocenters. The first-order chi connectivity index (χ1) is 10.8. The molecule has 7 heteroatoms. The lowest BCUT2D eigenvalue weighted by Gasteiger charge is -1.98. The van der Waals surface area contributed by atoms with Crippen LogP contribution < -0.4 is 0 Å². The Labute approximate surface area is 148 Å². The minimum Gasteiger partial charge on any atom is -0.481 e. The molecule has 0 aliphatic rings. The summed E-state index contributed by atoms with van der Waals surface area (Å²) in [6.45, 7) is 0. The highest BCUT2D eigenvalue weighted by Crippen LogP contribution is 2.16. The van der Waals surface area contributed by atoms with Crippen molar-refractivity contribution in [2.45, 2.75) is 12.8 Å². The minimum atomic E-state index is -1.03. The Bertz CT molecular complexity index is 745. The molecule has 0 aromatic heterocycles. The van der Waals surface area contributed by atoms with Gasteiger partial charge >= 0.3 is 5.97 Å². The van der Waals surface area contributed by atoms with E-state index in [1.54, 1.807) is 18.2 Å². The summed E-state index contributed by atoms with van der Waals surface area (Å²) in [5.74, 6) is -1.86. The maximum Gasteiger partial charge on any atom is 0.307 e. The number of hydrogen-bond donors (Lipinski definition) is 1. The summed E-state index contributed by atoms with van der Waals surface area (Å²) in [5.41, 5.74) is 0.640. The molecule has 3 nitrogen and oxygen atoms in total. The summed E-state index contributed by atoms with van der Waals surface area (Å²) in [5, 5.41) is 16.7. The molecule has 0 aliphatic carbocycles. The van der Waals surface area contributed by atoms with Crippen LogP contribution in [0.3, 0.4) is 0 Å². The third-order valence-electron chi connectivity index (χ3n) is 2.64. The third-order valence-corrected chi connectivity index (χ3v) is 3.63. The fraction of sp³-hybridized carbons (Fsp3) is 0.125. The van der Waals surface area contributed by atoms with Gasteiger partial charge in [-0.2, -0.15) is 5.26 Å². The van der Waals surface area contributed by atoms with Crippen molar-refractivity contribution in [1.82, 2.24) is 0 Å². The molecule has 1 N–H and O–H groups in total. The molecular weight excluding hydrogens is 436 g/mol. The first kappa shape index (κ1) is 19.3. The van der Waals surface area contributed by atoms with Gasteiger partial charge in [0.2, 0.25) is 0 Å². The number of carboxylic acid groups (broad SMARTS) is 1. The van der Waals surface area contributed by atoms with Gasteiger partial charge in [0.15, 0.2) is 0 Å². The quantitative estimate of drug-likeness (QED) is 0.731. The lowest BCUT2D eigenvalue weighted by molar-refractivity contribution is -0.136. The molecule has 0 saturated carbocycles. The van der Waals surface area contributed by atoms with Gasteiger partial charge in [0.25, 0.3) is 0 Å². The van der Waals surface area contributed by atoms with Gasteiger partial charge in [-0.1, -0.05) is 44.0 Å². The Kier molecular flexibility index (Phi) is 7.86. The highest BCUT2D eigenvalue weighted by atomic mass is 79.9. The summed E-state index contributed by atoms with van der Waals surface area (Å²) in [6, 6.07) is 10.9. The Morgan fingerprint density at radius 1 is 1.04 bits per heavy atom. The van der Waals surface area contributed by atoms with Crippen LogP contribution in [0.5, 0.6) is 0 Å². The average molecular weight is 447 g/mol. The summed E-state index contributed by atoms with van der Waals surface area (Å²) >= 11 is 6.20. The Morgan fingerprint density at radius 2 is 1.52 bits per heavy atom. The number of nitriles is 1. The van der Waals surface area contributed by atoms with E-state index in [-0.39, 0.29) is 24.2 Å². The number of rotatable bonds is 3. The highest BCUT2D eigenvalue weighted by Gasteiger charge is 2.06. The van der Waals surface area contributed by atoms with Crippen LogP contribution in [0, 0.1) is 23.0 Å². The molecule has 0 heterocycles. The van der Waals surface area contributed by atoms with Crippen molar-refractivity contribution in [2.75, 3.05) is 0 Å². The van der Waals surface area contributed by atoms with E-state index in [4.69, 9.17) is 10.4 Å². The predicted octanol–water partition coefficient (Wildman–Crippen LogP) is 4.87. The number of benzene rings is 2. The molecular formula is C16H11Br2F2NO2. The molecule has 2 rings (SSSR count). The highest BCUT2D eigenvalue weighted by molar-refractivity contribution is 9.10. The van der Waals surface area contributed by atoms with E-state index >= 15 is 0 Å². The molecule has 2 aromatic carbocycles. The number of carboxylic acids is 1. The lowest BCUT2D eigenvalue weighted by Crippen LogP contribution is -2.02. The monoisotopic (exact) mass is 445 g/mol. The number of halogens is 4. The number of aliphatic carboxylic acids is 1. The van der Waals surface area contributed by atoms with Crippen molar-refractivity contribution in [1.29, 1.82) is 5.26 Å². The van der Waals surface area contributed by atoms with E-state index in [0.717, 1.165) is 0 Å². The van der Waals surface area contributed by atoms with Crippen molar-refractivity contribution >= 4 is 37.8 Å². The van der Waals surface area contributed by atoms with E-state index in [1.165, 1.54) is 18.2 Å². The van der Waals surface area contributed by atoms with Crippen molar-refractivity contribution in [3.63, 3.8) is 0 Å². The van der Waals surface area contributed by atoms with Crippen LogP contribution in [0.15, 0.2) is 45.3 Å². The van der Waals surface area contributed by atoms with E-state index in [1.807, 2.05) is 6.07 Å². The summed E-state index contributed by atoms with van der Waals surface area (Å²) in [4.78, 5) is 10.2. The second kappa shape index (κ2) is 9.38. The summed E-state index contributed by atoms with van der Waals surface area (Å²) in [7, 11) is 0. The van der Waals surface area contributed by atoms with Gasteiger partial charge < -0.3 is 5.11 Å². The van der Waals surface area contributed by atoms with E-state index in [2.05, 4.69) is 31.9 Å². The predicted molar refractivity (Wildman–Crippen MR) is 88.9 cm³/mol. The second-order valence-electron chi connectivity index (χ2n) is 4.38. The van der Waals surface area contributed by atoms with Crippen LogP contribution in [0.25, 0.3) is 0 Å². The fourth-order valence-electron chi connectivity index (χ4n) is 1.58. The average Bonchev–Trinajstić information content (AvgIpc) is 2.46. The van der Waals surface area contributed by atoms with Gasteiger partial charge in [0.1, 0.15) is 11.6 Å². The van der Waals surface area contributed by atoms with Crippen LogP contribution in [0.4, 0.5) is 8.78 Å². The van der Waals surface area contributed by atoms with E-state index < -0.39 is 11.8 Å². The van der Waals surface area contributed by atoms with Gasteiger partial charge in [-0.05, 0) is 29.8 Å². The molecule has 23 heavy (non-hydrogen) atoms. The van der Waals surface area contributed by atoms with Crippen LogP contribution in [-0.4, -0.2) is 11.1 Å². The lowest BCUT2D eigenvalue weighted by atomic mass is 10.1. The standard InChI is InChI=1S/C8H5BrFN.C8H6BrFO2/c9-7-2-1-6(3-4-11)8(10)5-7;9-6-2-1-5(3-8(11)12)7(10)4-6/h1-2,5H,3H2;1-2,4H,3H2,(H,11,12). The third kappa shape index (κ3) is 6.89. The van der Waals surface area contributed by atoms with Crippen molar-refractivity contribution < 1.29 is 18.7 Å². The van der Waals surface area contributed by atoms with Gasteiger partial charge in [-0.25, -0.2) is 8.78 Å². The van der Waals surface area contributed by atoms with Crippen LogP contribution >= 0.6 is 31.9 Å². The van der Waals surface area contributed by atoms with Crippen LogP contribution in [0.1, 0.15) is 11.1 Å². The molecule has 0 atom stereocenters. The van der Waals surface area contributed by atoms with Crippen LogP contribution in [-0.2, 0) is 17.6 Å². The molecule has 120 valence electrons.